The van der Waals surface area contributed by atoms with Gasteiger partial charge in [0.25, 0.3) is 5.85 Å². The molecule has 0 radical (unpaired) electrons. The molecule has 7 N–H and O–H groups in total. The van der Waals surface area contributed by atoms with Crippen molar-refractivity contribution in [2.75, 3.05) is 12.3 Å². The topological polar surface area (TPSA) is 281 Å². The predicted octanol–water partition coefficient (Wildman–Crippen LogP) is -1.32. The van der Waals surface area contributed by atoms with Crippen molar-refractivity contribution >= 4 is 32.6 Å². The van der Waals surface area contributed by atoms with Gasteiger partial charge in [-0.3, -0.25) is 9.09 Å². The first-order chi connectivity index (χ1) is 13.9. The van der Waals surface area contributed by atoms with Gasteiger partial charge >= 0.3 is 15.6 Å². The summed E-state index contributed by atoms with van der Waals surface area (Å²) in [5.41, 5.74) is 14.7. The fourth-order valence-electron chi connectivity index (χ4n) is 2.73. The van der Waals surface area contributed by atoms with Crippen molar-refractivity contribution in [1.82, 2.24) is 19.5 Å². The zero-order chi connectivity index (χ0) is 22.3. The SMILES string of the molecule is [N-]=[N+]=N[C@@]1(n2cnc3c(N)ncnc32)O[C@H](COP(=O)(O)OP(=O)(O)O)[C@@H](O)[C@H]1O. The minimum atomic E-state index is -5.38. The molecule has 3 rings (SSSR count). The fraction of sp³-hybridized carbons (Fsp3) is 0.500. The van der Waals surface area contributed by atoms with E-state index in [2.05, 4.69) is 33.8 Å². The Kier molecular flexibility index (Phi) is 5.85. The number of nitrogen functional groups attached to an aromatic ring is 1. The van der Waals surface area contributed by atoms with Crippen LogP contribution >= 0.6 is 15.6 Å². The molecule has 1 unspecified atom stereocenters. The number of hydrogen-bond donors (Lipinski definition) is 6. The third kappa shape index (κ3) is 4.15. The number of nitrogens with zero attached hydrogens (tertiary/aromatic N) is 7. The van der Waals surface area contributed by atoms with E-state index in [0.29, 0.717) is 0 Å². The van der Waals surface area contributed by atoms with E-state index in [1.807, 2.05) is 0 Å². The Morgan fingerprint density at radius 1 is 1.33 bits per heavy atom. The summed E-state index contributed by atoms with van der Waals surface area (Å²) in [6, 6.07) is 0. The molecule has 1 saturated heterocycles. The summed E-state index contributed by atoms with van der Waals surface area (Å²) < 4.78 is 36.7. The number of rotatable bonds is 7. The molecule has 3 heterocycles. The molecule has 5 atom stereocenters. The number of ether oxygens (including phenoxy) is 1. The first kappa shape index (κ1) is 22.5. The second-order valence-electron chi connectivity index (χ2n) is 5.82. The monoisotopic (exact) mass is 468 g/mol. The summed E-state index contributed by atoms with van der Waals surface area (Å²) in [4.78, 5) is 40.7. The van der Waals surface area contributed by atoms with E-state index in [4.69, 9.17) is 25.8 Å². The average molecular weight is 468 g/mol. The van der Waals surface area contributed by atoms with Crippen molar-refractivity contribution in [3.8, 4) is 0 Å². The molecule has 0 saturated carbocycles. The lowest BCUT2D eigenvalue weighted by Gasteiger charge is -2.28. The molecule has 164 valence electrons. The first-order valence-electron chi connectivity index (χ1n) is 7.68. The van der Waals surface area contributed by atoms with Crippen LogP contribution in [0.1, 0.15) is 0 Å². The van der Waals surface area contributed by atoms with Crippen LogP contribution in [0.15, 0.2) is 17.8 Å². The number of hydrogen-bond acceptors (Lipinski definition) is 12. The van der Waals surface area contributed by atoms with Crippen LogP contribution in [-0.4, -0.2) is 69.3 Å². The number of nitrogens with two attached hydrogens (primary N) is 1. The van der Waals surface area contributed by atoms with E-state index in [-0.39, 0.29) is 17.0 Å². The Morgan fingerprint density at radius 2 is 2.03 bits per heavy atom. The van der Waals surface area contributed by atoms with Gasteiger partial charge in [-0.15, -0.1) is 0 Å². The number of anilines is 1. The standard InChI is InChI=1S/C10H14N8O10P2/c11-8-5-9(14-2-13-8)18(3-15-5)10(16-17-12)7(20)6(19)4(27-10)1-26-30(24,25)28-29(21,22)23/h2-4,6-7,19-20H,1H2,(H,24,25)(H2,11,13,14)(H2,21,22,23)/t4-,6-,7-,10+/m1/s1. The first-order valence-corrected chi connectivity index (χ1v) is 10.7. The van der Waals surface area contributed by atoms with E-state index in [1.54, 1.807) is 0 Å². The van der Waals surface area contributed by atoms with Crippen LogP contribution in [0.4, 0.5) is 5.82 Å². The van der Waals surface area contributed by atoms with E-state index >= 15 is 0 Å². The summed E-state index contributed by atoms with van der Waals surface area (Å²) in [5, 5.41) is 24.2. The number of phosphoric ester groups is 1. The van der Waals surface area contributed by atoms with E-state index in [9.17, 15) is 24.2 Å². The highest BCUT2D eigenvalue weighted by Gasteiger charge is 2.57. The lowest BCUT2D eigenvalue weighted by Crippen LogP contribution is -2.43. The van der Waals surface area contributed by atoms with Gasteiger partial charge in [0, 0.05) is 4.91 Å². The maximum atomic E-state index is 11.6. The summed E-state index contributed by atoms with van der Waals surface area (Å²) >= 11 is 0. The summed E-state index contributed by atoms with van der Waals surface area (Å²) in [5.74, 6) is -2.42. The molecule has 30 heavy (non-hydrogen) atoms. The lowest BCUT2D eigenvalue weighted by molar-refractivity contribution is -0.140. The van der Waals surface area contributed by atoms with Gasteiger partial charge in [-0.25, -0.2) is 24.1 Å². The number of fused-ring (bicyclic) bond motifs is 1. The molecule has 0 aliphatic carbocycles. The second kappa shape index (κ2) is 7.81. The van der Waals surface area contributed by atoms with Crippen LogP contribution < -0.4 is 5.73 Å². The van der Waals surface area contributed by atoms with E-state index in [0.717, 1.165) is 17.2 Å². The van der Waals surface area contributed by atoms with Gasteiger partial charge in [0.05, 0.1) is 12.9 Å². The third-order valence-electron chi connectivity index (χ3n) is 3.92. The van der Waals surface area contributed by atoms with Crippen LogP contribution in [0, 0.1) is 0 Å². The Morgan fingerprint density at radius 3 is 2.67 bits per heavy atom. The highest BCUT2D eigenvalue weighted by molar-refractivity contribution is 7.60. The van der Waals surface area contributed by atoms with Crippen LogP contribution in [0.2, 0.25) is 0 Å². The molecule has 2 aromatic rings. The number of phosphoric acid groups is 2. The molecule has 0 spiro atoms. The number of aliphatic hydroxyl groups is 2. The Bertz CT molecular complexity index is 1100. The van der Waals surface area contributed by atoms with Crippen molar-refractivity contribution < 1.29 is 47.6 Å². The van der Waals surface area contributed by atoms with Crippen LogP contribution in [0.5, 0.6) is 0 Å². The molecule has 0 aromatic carbocycles. The second-order valence-corrected chi connectivity index (χ2v) is 8.65. The Balaban J connectivity index is 1.93. The molecule has 1 aliphatic heterocycles. The summed E-state index contributed by atoms with van der Waals surface area (Å²) in [7, 11) is -10.7. The van der Waals surface area contributed by atoms with Gasteiger partial charge < -0.3 is 35.4 Å². The van der Waals surface area contributed by atoms with Gasteiger partial charge in [-0.05, 0) is 10.6 Å². The summed E-state index contributed by atoms with van der Waals surface area (Å²) in [6.07, 6.45) is -3.35. The highest BCUT2D eigenvalue weighted by Crippen LogP contribution is 2.57. The maximum Gasteiger partial charge on any atom is 0.481 e. The van der Waals surface area contributed by atoms with Gasteiger partial charge in [0.2, 0.25) is 0 Å². The quantitative estimate of drug-likeness (QED) is 0.119. The molecular formula is C10H14N8O10P2. The molecular weight excluding hydrogens is 454 g/mol. The molecule has 0 amide bonds. The van der Waals surface area contributed by atoms with Crippen LogP contribution in [-0.2, 0) is 28.6 Å². The zero-order valence-electron chi connectivity index (χ0n) is 14.5. The smallest absolute Gasteiger partial charge is 0.387 e. The zero-order valence-corrected chi connectivity index (χ0v) is 16.3. The van der Waals surface area contributed by atoms with Crippen molar-refractivity contribution in [3.05, 3.63) is 23.1 Å². The number of aliphatic hydroxyl groups excluding tert-OH is 2. The van der Waals surface area contributed by atoms with Crippen molar-refractivity contribution in [2.24, 2.45) is 5.11 Å². The largest absolute Gasteiger partial charge is 0.481 e. The normalized spacial score (nSPS) is 28.9. The molecule has 0 bridgehead atoms. The number of aromatic nitrogens is 4. The summed E-state index contributed by atoms with van der Waals surface area (Å²) in [6.45, 7) is -1.00. The number of azide groups is 1. The highest BCUT2D eigenvalue weighted by atomic mass is 31.3. The fourth-order valence-corrected chi connectivity index (χ4v) is 4.33. The molecule has 1 aliphatic rings. The Hall–Kier alpha value is -2.20. The van der Waals surface area contributed by atoms with Crippen LogP contribution in [0.25, 0.3) is 21.6 Å². The number of imidazole rings is 1. The van der Waals surface area contributed by atoms with Crippen molar-refractivity contribution in [1.29, 1.82) is 0 Å². The van der Waals surface area contributed by atoms with Gasteiger partial charge in [-0.2, -0.15) is 4.31 Å². The van der Waals surface area contributed by atoms with Crippen molar-refractivity contribution in [2.45, 2.75) is 24.2 Å². The third-order valence-corrected chi connectivity index (χ3v) is 6.07. The predicted molar refractivity (Wildman–Crippen MR) is 92.6 cm³/mol. The van der Waals surface area contributed by atoms with Crippen LogP contribution in [0.3, 0.4) is 0 Å². The Labute approximate surface area is 165 Å². The lowest BCUT2D eigenvalue weighted by atomic mass is 10.1. The molecule has 20 heteroatoms. The minimum Gasteiger partial charge on any atom is -0.387 e. The van der Waals surface area contributed by atoms with E-state index < -0.39 is 46.4 Å². The van der Waals surface area contributed by atoms with Gasteiger partial charge in [0.1, 0.15) is 30.2 Å². The van der Waals surface area contributed by atoms with Crippen molar-refractivity contribution in [3.63, 3.8) is 0 Å². The molecule has 2 aromatic heterocycles. The maximum absolute atomic E-state index is 11.6. The van der Waals surface area contributed by atoms with Gasteiger partial charge in [0.15, 0.2) is 11.5 Å². The van der Waals surface area contributed by atoms with E-state index in [1.165, 1.54) is 0 Å². The van der Waals surface area contributed by atoms with Gasteiger partial charge in [-0.1, -0.05) is 0 Å². The average Bonchev–Trinajstić information content (AvgIpc) is 3.15. The molecule has 1 fully saturated rings. The molecule has 18 nitrogen and oxygen atoms in total. The minimum absolute atomic E-state index is 0.0413.